The van der Waals surface area contributed by atoms with Crippen molar-refractivity contribution in [2.75, 3.05) is 0 Å². The van der Waals surface area contributed by atoms with E-state index < -0.39 is 35.8 Å². The maximum Gasteiger partial charge on any atom is 0.326 e. The number of nitrogens with one attached hydrogen (secondary N) is 1. The van der Waals surface area contributed by atoms with Crippen LogP contribution >= 0.6 is 0 Å². The van der Waals surface area contributed by atoms with Crippen LogP contribution in [-0.2, 0) is 9.59 Å². The van der Waals surface area contributed by atoms with Gasteiger partial charge in [0.15, 0.2) is 0 Å². The van der Waals surface area contributed by atoms with Crippen LogP contribution in [0.15, 0.2) is 24.3 Å². The lowest BCUT2D eigenvalue weighted by Crippen LogP contribution is -2.55. The molecule has 2 atom stereocenters. The van der Waals surface area contributed by atoms with E-state index in [1.165, 1.54) is 0 Å². The van der Waals surface area contributed by atoms with Crippen LogP contribution in [0.5, 0.6) is 0 Å². The quantitative estimate of drug-likeness (QED) is 0.691. The Labute approximate surface area is 152 Å². The topological polar surface area (TPSA) is 104 Å². The summed E-state index contributed by atoms with van der Waals surface area (Å²) in [5.74, 6) is -3.17. The third kappa shape index (κ3) is 3.76. The molecular formula is C19H24N2O5. The van der Waals surface area contributed by atoms with Gasteiger partial charge in [0.2, 0.25) is 5.91 Å². The van der Waals surface area contributed by atoms with Gasteiger partial charge in [-0.2, -0.15) is 0 Å². The van der Waals surface area contributed by atoms with Gasteiger partial charge >= 0.3 is 5.97 Å². The van der Waals surface area contributed by atoms with E-state index in [0.717, 1.165) is 11.3 Å². The predicted octanol–water partition coefficient (Wildman–Crippen LogP) is 2.07. The van der Waals surface area contributed by atoms with E-state index in [1.807, 2.05) is 6.92 Å². The molecule has 0 aromatic heterocycles. The minimum atomic E-state index is -1.13. The smallest absolute Gasteiger partial charge is 0.326 e. The second-order valence-corrected chi connectivity index (χ2v) is 6.76. The Hall–Kier alpha value is -2.70. The Morgan fingerprint density at radius 3 is 2.08 bits per heavy atom. The van der Waals surface area contributed by atoms with Crippen molar-refractivity contribution in [1.82, 2.24) is 10.2 Å². The fourth-order valence-electron chi connectivity index (χ4n) is 3.10. The molecule has 0 spiro atoms. The molecule has 0 saturated heterocycles. The van der Waals surface area contributed by atoms with Crippen molar-refractivity contribution in [2.45, 2.75) is 52.1 Å². The van der Waals surface area contributed by atoms with Gasteiger partial charge in [-0.25, -0.2) is 4.79 Å². The van der Waals surface area contributed by atoms with Gasteiger partial charge in [-0.15, -0.1) is 0 Å². The van der Waals surface area contributed by atoms with Gasteiger partial charge in [-0.1, -0.05) is 45.7 Å². The average Bonchev–Trinajstić information content (AvgIpc) is 2.84. The third-order valence-electron chi connectivity index (χ3n) is 4.46. The van der Waals surface area contributed by atoms with Gasteiger partial charge < -0.3 is 10.4 Å². The van der Waals surface area contributed by atoms with Crippen molar-refractivity contribution in [3.05, 3.63) is 35.4 Å². The van der Waals surface area contributed by atoms with Crippen molar-refractivity contribution >= 4 is 23.7 Å². The Balaban J connectivity index is 2.26. The molecule has 1 aliphatic rings. The van der Waals surface area contributed by atoms with Crippen LogP contribution in [0, 0.1) is 5.92 Å². The average molecular weight is 360 g/mol. The number of nitrogens with zero attached hydrogens (tertiary/aromatic N) is 1. The zero-order valence-corrected chi connectivity index (χ0v) is 15.2. The lowest BCUT2D eigenvalue weighted by Gasteiger charge is -2.29. The van der Waals surface area contributed by atoms with Crippen LogP contribution in [0.1, 0.15) is 60.7 Å². The van der Waals surface area contributed by atoms with E-state index in [9.17, 15) is 24.3 Å². The minimum Gasteiger partial charge on any atom is -0.480 e. The molecule has 26 heavy (non-hydrogen) atoms. The van der Waals surface area contributed by atoms with E-state index in [2.05, 4.69) is 5.32 Å². The lowest BCUT2D eigenvalue weighted by molar-refractivity contribution is -0.142. The molecule has 2 N–H and O–H groups in total. The second-order valence-electron chi connectivity index (χ2n) is 6.76. The number of rotatable bonds is 8. The van der Waals surface area contributed by atoms with Gasteiger partial charge in [0, 0.05) is 0 Å². The molecule has 1 aromatic rings. The van der Waals surface area contributed by atoms with Gasteiger partial charge in [-0.05, 0) is 24.5 Å². The Morgan fingerprint density at radius 1 is 1.12 bits per heavy atom. The molecular weight excluding hydrogens is 336 g/mol. The van der Waals surface area contributed by atoms with E-state index in [-0.39, 0.29) is 17.0 Å². The van der Waals surface area contributed by atoms with Gasteiger partial charge in [0.25, 0.3) is 11.8 Å². The summed E-state index contributed by atoms with van der Waals surface area (Å²) < 4.78 is 0. The van der Waals surface area contributed by atoms with E-state index in [0.29, 0.717) is 12.8 Å². The number of unbranched alkanes of at least 4 members (excludes halogenated alkanes) is 1. The fourth-order valence-corrected chi connectivity index (χ4v) is 3.10. The van der Waals surface area contributed by atoms with Crippen molar-refractivity contribution < 1.29 is 24.3 Å². The first-order chi connectivity index (χ1) is 12.3. The molecule has 1 heterocycles. The number of carbonyl (C=O) groups is 4. The van der Waals surface area contributed by atoms with Crippen LogP contribution in [0.3, 0.4) is 0 Å². The highest BCUT2D eigenvalue weighted by Crippen LogP contribution is 2.27. The van der Waals surface area contributed by atoms with Crippen molar-refractivity contribution in [3.8, 4) is 0 Å². The number of carboxylic acids is 1. The number of hydrogen-bond acceptors (Lipinski definition) is 4. The van der Waals surface area contributed by atoms with Crippen LogP contribution < -0.4 is 5.32 Å². The number of carbonyl (C=O) groups excluding carboxylic acids is 3. The Kier molecular flexibility index (Phi) is 6.13. The number of imide groups is 1. The van der Waals surface area contributed by atoms with Crippen LogP contribution in [0.25, 0.3) is 0 Å². The SMILES string of the molecule is CCCC[C@H](NC(=O)C(C(C)C)N1C(=O)c2ccccc2C1=O)C(=O)O. The van der Waals surface area contributed by atoms with Crippen LogP contribution in [0.4, 0.5) is 0 Å². The summed E-state index contributed by atoms with van der Waals surface area (Å²) >= 11 is 0. The molecule has 0 radical (unpaired) electrons. The molecule has 0 fully saturated rings. The maximum atomic E-state index is 12.8. The number of carboxylic acid groups (broad SMARTS) is 1. The summed E-state index contributed by atoms with van der Waals surface area (Å²) in [6, 6.07) is 4.30. The van der Waals surface area contributed by atoms with Crippen LogP contribution in [-0.4, -0.2) is 45.8 Å². The van der Waals surface area contributed by atoms with E-state index in [4.69, 9.17) is 0 Å². The van der Waals surface area contributed by atoms with Crippen molar-refractivity contribution in [3.63, 3.8) is 0 Å². The highest BCUT2D eigenvalue weighted by atomic mass is 16.4. The molecule has 1 aromatic carbocycles. The summed E-state index contributed by atoms with van der Waals surface area (Å²) in [6.45, 7) is 5.36. The zero-order valence-electron chi connectivity index (χ0n) is 15.2. The van der Waals surface area contributed by atoms with Crippen molar-refractivity contribution in [2.24, 2.45) is 5.92 Å². The molecule has 1 aliphatic heterocycles. The molecule has 3 amide bonds. The van der Waals surface area contributed by atoms with Gasteiger partial charge in [0.05, 0.1) is 11.1 Å². The summed E-state index contributed by atoms with van der Waals surface area (Å²) in [6.07, 6.45) is 1.74. The highest BCUT2D eigenvalue weighted by Gasteiger charge is 2.44. The van der Waals surface area contributed by atoms with Crippen molar-refractivity contribution in [1.29, 1.82) is 0 Å². The summed E-state index contributed by atoms with van der Waals surface area (Å²) in [5.41, 5.74) is 0.522. The first-order valence-corrected chi connectivity index (χ1v) is 8.79. The number of benzene rings is 1. The monoisotopic (exact) mass is 360 g/mol. The van der Waals surface area contributed by atoms with E-state index >= 15 is 0 Å². The number of amides is 3. The molecule has 1 unspecified atom stereocenters. The second kappa shape index (κ2) is 8.12. The van der Waals surface area contributed by atoms with Crippen LogP contribution in [0.2, 0.25) is 0 Å². The summed E-state index contributed by atoms with van der Waals surface area (Å²) in [7, 11) is 0. The number of hydrogen-bond donors (Lipinski definition) is 2. The maximum absolute atomic E-state index is 12.8. The zero-order chi connectivity index (χ0) is 19.4. The fraction of sp³-hybridized carbons (Fsp3) is 0.474. The molecule has 7 heteroatoms. The first kappa shape index (κ1) is 19.6. The first-order valence-electron chi connectivity index (χ1n) is 8.79. The molecule has 7 nitrogen and oxygen atoms in total. The number of fused-ring (bicyclic) bond motifs is 1. The van der Waals surface area contributed by atoms with Gasteiger partial charge in [-0.3, -0.25) is 19.3 Å². The lowest BCUT2D eigenvalue weighted by atomic mass is 10.0. The number of aliphatic carboxylic acids is 1. The molecule has 0 bridgehead atoms. The van der Waals surface area contributed by atoms with E-state index in [1.54, 1.807) is 38.1 Å². The summed E-state index contributed by atoms with van der Waals surface area (Å²) in [4.78, 5) is 50.4. The Morgan fingerprint density at radius 2 is 1.65 bits per heavy atom. The molecule has 140 valence electrons. The molecule has 0 aliphatic carbocycles. The third-order valence-corrected chi connectivity index (χ3v) is 4.46. The minimum absolute atomic E-state index is 0.261. The standard InChI is InChI=1S/C19H24N2O5/c1-4-5-10-14(19(25)26)20-16(22)15(11(2)3)21-17(23)12-8-6-7-9-13(12)18(21)24/h6-9,11,14-15H,4-5,10H2,1-3H3,(H,20,22)(H,25,26)/t14-,15?/m0/s1. The Bertz CT molecular complexity index is 693. The normalized spacial score (nSPS) is 15.8. The largest absolute Gasteiger partial charge is 0.480 e. The highest BCUT2D eigenvalue weighted by molar-refractivity contribution is 6.22. The predicted molar refractivity (Wildman–Crippen MR) is 94.7 cm³/mol. The summed E-state index contributed by atoms with van der Waals surface area (Å²) in [5, 5.41) is 11.8. The molecule has 2 rings (SSSR count). The van der Waals surface area contributed by atoms with Gasteiger partial charge in [0.1, 0.15) is 12.1 Å². The molecule has 0 saturated carbocycles.